The van der Waals surface area contributed by atoms with Gasteiger partial charge in [-0.1, -0.05) is 0 Å². The summed E-state index contributed by atoms with van der Waals surface area (Å²) >= 11 is 0. The first kappa shape index (κ1) is 11.2. The van der Waals surface area contributed by atoms with Crippen LogP contribution in [0.5, 0.6) is 5.75 Å². The Morgan fingerprint density at radius 2 is 2.18 bits per heavy atom. The molecular formula is C12H13N3O2. The smallest absolute Gasteiger partial charge is 0.221 e. The van der Waals surface area contributed by atoms with Crippen molar-refractivity contribution in [2.24, 2.45) is 7.05 Å². The number of phenolic OH excluding ortho intramolecular Hbond substituents is 1. The number of aryl methyl sites for hydroxylation is 1. The van der Waals surface area contributed by atoms with E-state index in [4.69, 9.17) is 0 Å². The van der Waals surface area contributed by atoms with Gasteiger partial charge in [0.25, 0.3) is 0 Å². The van der Waals surface area contributed by atoms with Crippen LogP contribution in [0.1, 0.15) is 6.92 Å². The third-order valence-corrected chi connectivity index (χ3v) is 2.41. The van der Waals surface area contributed by atoms with E-state index in [9.17, 15) is 9.90 Å². The van der Waals surface area contributed by atoms with Crippen molar-refractivity contribution in [3.8, 4) is 17.0 Å². The minimum Gasteiger partial charge on any atom is -0.507 e. The van der Waals surface area contributed by atoms with Gasteiger partial charge >= 0.3 is 0 Å². The normalized spacial score (nSPS) is 10.2. The second-order valence-electron chi connectivity index (χ2n) is 3.75. The summed E-state index contributed by atoms with van der Waals surface area (Å²) in [4.78, 5) is 11.0. The minimum atomic E-state index is -0.147. The van der Waals surface area contributed by atoms with Gasteiger partial charge in [-0.3, -0.25) is 9.48 Å². The Morgan fingerprint density at radius 1 is 1.41 bits per heavy atom. The molecule has 88 valence electrons. The van der Waals surface area contributed by atoms with Crippen molar-refractivity contribution >= 4 is 11.6 Å². The highest BCUT2D eigenvalue weighted by molar-refractivity contribution is 5.90. The summed E-state index contributed by atoms with van der Waals surface area (Å²) in [7, 11) is 1.79. The van der Waals surface area contributed by atoms with Gasteiger partial charge in [0.2, 0.25) is 5.91 Å². The maximum Gasteiger partial charge on any atom is 0.221 e. The molecule has 0 bridgehead atoms. The zero-order valence-electron chi connectivity index (χ0n) is 9.64. The Morgan fingerprint density at radius 3 is 2.76 bits per heavy atom. The second-order valence-corrected chi connectivity index (χ2v) is 3.75. The lowest BCUT2D eigenvalue weighted by atomic mass is 10.1. The first-order valence-corrected chi connectivity index (χ1v) is 5.17. The van der Waals surface area contributed by atoms with Crippen molar-refractivity contribution < 1.29 is 9.90 Å². The van der Waals surface area contributed by atoms with Crippen LogP contribution in [0.4, 0.5) is 5.69 Å². The molecule has 0 aliphatic rings. The van der Waals surface area contributed by atoms with Crippen LogP contribution in [0, 0.1) is 0 Å². The average Bonchev–Trinajstić information content (AvgIpc) is 2.67. The third-order valence-electron chi connectivity index (χ3n) is 2.41. The van der Waals surface area contributed by atoms with E-state index >= 15 is 0 Å². The SMILES string of the molecule is CC(=O)Nc1ccc(O)c(-c2ccnn2C)c1. The number of aromatic hydroxyl groups is 1. The molecule has 1 aromatic heterocycles. The fraction of sp³-hybridized carbons (Fsp3) is 0.167. The molecule has 1 heterocycles. The van der Waals surface area contributed by atoms with Crippen LogP contribution in [-0.4, -0.2) is 20.8 Å². The predicted octanol–water partition coefficient (Wildman–Crippen LogP) is 1.75. The molecule has 17 heavy (non-hydrogen) atoms. The highest BCUT2D eigenvalue weighted by Gasteiger charge is 2.09. The molecule has 5 nitrogen and oxygen atoms in total. The van der Waals surface area contributed by atoms with Crippen LogP contribution < -0.4 is 5.32 Å². The van der Waals surface area contributed by atoms with Crippen molar-refractivity contribution in [3.05, 3.63) is 30.5 Å². The quantitative estimate of drug-likeness (QED) is 0.774. The van der Waals surface area contributed by atoms with Crippen molar-refractivity contribution in [1.29, 1.82) is 0 Å². The van der Waals surface area contributed by atoms with Crippen LogP contribution in [0.3, 0.4) is 0 Å². The summed E-state index contributed by atoms with van der Waals surface area (Å²) in [5.41, 5.74) is 2.07. The lowest BCUT2D eigenvalue weighted by Gasteiger charge is -2.08. The van der Waals surface area contributed by atoms with Gasteiger partial charge in [0, 0.05) is 31.4 Å². The van der Waals surface area contributed by atoms with Gasteiger partial charge in [0.05, 0.1) is 5.69 Å². The van der Waals surface area contributed by atoms with Gasteiger partial charge in [-0.25, -0.2) is 0 Å². The molecule has 0 saturated carbocycles. The van der Waals surface area contributed by atoms with Crippen LogP contribution in [-0.2, 0) is 11.8 Å². The number of carbonyl (C=O) groups excluding carboxylic acids is 1. The molecule has 0 fully saturated rings. The fourth-order valence-corrected chi connectivity index (χ4v) is 1.66. The van der Waals surface area contributed by atoms with Crippen molar-refractivity contribution in [2.45, 2.75) is 6.92 Å². The Bertz CT molecular complexity index is 561. The van der Waals surface area contributed by atoms with Gasteiger partial charge in [-0.05, 0) is 24.3 Å². The Hall–Kier alpha value is -2.30. The van der Waals surface area contributed by atoms with Gasteiger partial charge < -0.3 is 10.4 Å². The van der Waals surface area contributed by atoms with Crippen LogP contribution in [0.2, 0.25) is 0 Å². The van der Waals surface area contributed by atoms with Crippen LogP contribution in [0.25, 0.3) is 11.3 Å². The average molecular weight is 231 g/mol. The summed E-state index contributed by atoms with van der Waals surface area (Å²) in [6.45, 7) is 1.44. The highest BCUT2D eigenvalue weighted by Crippen LogP contribution is 2.31. The topological polar surface area (TPSA) is 67.2 Å². The number of amides is 1. The first-order valence-electron chi connectivity index (χ1n) is 5.17. The molecule has 2 rings (SSSR count). The van der Waals surface area contributed by atoms with E-state index in [2.05, 4.69) is 10.4 Å². The summed E-state index contributed by atoms with van der Waals surface area (Å²) < 4.78 is 1.66. The second kappa shape index (κ2) is 4.29. The number of rotatable bonds is 2. The van der Waals surface area contributed by atoms with Gasteiger partial charge in [0.15, 0.2) is 0 Å². The zero-order valence-corrected chi connectivity index (χ0v) is 9.64. The summed E-state index contributed by atoms with van der Waals surface area (Å²) in [5, 5.41) is 16.5. The van der Waals surface area contributed by atoms with Gasteiger partial charge in [-0.15, -0.1) is 0 Å². The maximum absolute atomic E-state index is 11.0. The van der Waals surface area contributed by atoms with E-state index < -0.39 is 0 Å². The number of benzene rings is 1. The molecule has 0 aliphatic carbocycles. The summed E-state index contributed by atoms with van der Waals surface area (Å²) in [6.07, 6.45) is 1.65. The standard InChI is InChI=1S/C12H13N3O2/c1-8(16)14-9-3-4-12(17)10(7-9)11-5-6-13-15(11)2/h3-7,17H,1-2H3,(H,14,16). The summed E-state index contributed by atoms with van der Waals surface area (Å²) in [6, 6.07) is 6.71. The van der Waals surface area contributed by atoms with Crippen LogP contribution in [0.15, 0.2) is 30.5 Å². The molecule has 5 heteroatoms. The minimum absolute atomic E-state index is 0.147. The van der Waals surface area contributed by atoms with E-state index in [1.807, 2.05) is 0 Å². The van der Waals surface area contributed by atoms with E-state index in [0.29, 0.717) is 11.3 Å². The van der Waals surface area contributed by atoms with E-state index in [-0.39, 0.29) is 11.7 Å². The number of phenols is 1. The van der Waals surface area contributed by atoms with E-state index in [1.165, 1.54) is 6.92 Å². The van der Waals surface area contributed by atoms with Gasteiger partial charge in [-0.2, -0.15) is 5.10 Å². The number of hydrogen-bond acceptors (Lipinski definition) is 3. The summed E-state index contributed by atoms with van der Waals surface area (Å²) in [5.74, 6) is 0.00866. The van der Waals surface area contributed by atoms with E-state index in [1.54, 1.807) is 42.2 Å². The number of carbonyl (C=O) groups is 1. The molecule has 2 aromatic rings. The van der Waals surface area contributed by atoms with Crippen molar-refractivity contribution in [3.63, 3.8) is 0 Å². The highest BCUT2D eigenvalue weighted by atomic mass is 16.3. The third kappa shape index (κ3) is 2.28. The lowest BCUT2D eigenvalue weighted by Crippen LogP contribution is -2.05. The molecule has 0 atom stereocenters. The van der Waals surface area contributed by atoms with Crippen LogP contribution >= 0.6 is 0 Å². The largest absolute Gasteiger partial charge is 0.507 e. The number of nitrogens with one attached hydrogen (secondary N) is 1. The molecule has 1 amide bonds. The fourth-order valence-electron chi connectivity index (χ4n) is 1.66. The molecule has 0 saturated heterocycles. The Kier molecular flexibility index (Phi) is 2.82. The first-order chi connectivity index (χ1) is 8.08. The van der Waals surface area contributed by atoms with Gasteiger partial charge in [0.1, 0.15) is 5.75 Å². The predicted molar refractivity (Wildman–Crippen MR) is 64.6 cm³/mol. The van der Waals surface area contributed by atoms with E-state index in [0.717, 1.165) is 5.69 Å². The monoisotopic (exact) mass is 231 g/mol. The molecule has 1 aromatic carbocycles. The molecule has 2 N–H and O–H groups in total. The maximum atomic E-state index is 11.0. The molecule has 0 aliphatic heterocycles. The molecular weight excluding hydrogens is 218 g/mol. The number of hydrogen-bond donors (Lipinski definition) is 2. The number of nitrogens with zero attached hydrogens (tertiary/aromatic N) is 2. The Labute approximate surface area is 98.7 Å². The van der Waals surface area contributed by atoms with Crippen molar-refractivity contribution in [1.82, 2.24) is 9.78 Å². The molecule has 0 unspecified atom stereocenters. The number of aromatic nitrogens is 2. The lowest BCUT2D eigenvalue weighted by molar-refractivity contribution is -0.114. The number of anilines is 1. The zero-order chi connectivity index (χ0) is 12.4. The van der Waals surface area contributed by atoms with Crippen molar-refractivity contribution in [2.75, 3.05) is 5.32 Å². The molecule has 0 radical (unpaired) electrons. The molecule has 0 spiro atoms. The Balaban J connectivity index is 2.46.